The van der Waals surface area contributed by atoms with Gasteiger partial charge >= 0.3 is 0 Å². The van der Waals surface area contributed by atoms with E-state index in [2.05, 4.69) is 0 Å². The van der Waals surface area contributed by atoms with E-state index in [1.807, 2.05) is 13.0 Å². The summed E-state index contributed by atoms with van der Waals surface area (Å²) in [7, 11) is 0. The SMILES string of the molecule is CCOc1ccc(C2/C(=C(\O)c3ccccc3)C(=O)C(=O)N2c2ccc(Cl)cc2)cc1. The van der Waals surface area contributed by atoms with Crippen molar-refractivity contribution in [1.82, 2.24) is 0 Å². The van der Waals surface area contributed by atoms with Gasteiger partial charge in [0.25, 0.3) is 11.7 Å². The zero-order valence-corrected chi connectivity index (χ0v) is 17.5. The maximum absolute atomic E-state index is 13.1. The second-order valence-corrected chi connectivity index (χ2v) is 7.45. The maximum Gasteiger partial charge on any atom is 0.300 e. The summed E-state index contributed by atoms with van der Waals surface area (Å²) < 4.78 is 5.51. The highest BCUT2D eigenvalue weighted by Gasteiger charge is 2.46. The van der Waals surface area contributed by atoms with Gasteiger partial charge in [-0.15, -0.1) is 0 Å². The number of amides is 1. The van der Waals surface area contributed by atoms with Gasteiger partial charge in [0.2, 0.25) is 0 Å². The lowest BCUT2D eigenvalue weighted by atomic mass is 9.95. The molecule has 1 atom stereocenters. The van der Waals surface area contributed by atoms with Crippen LogP contribution in [-0.4, -0.2) is 23.4 Å². The summed E-state index contributed by atoms with van der Waals surface area (Å²) in [5.41, 5.74) is 1.69. The molecule has 4 rings (SSSR count). The van der Waals surface area contributed by atoms with Crippen molar-refractivity contribution >= 4 is 34.7 Å². The van der Waals surface area contributed by atoms with Crippen LogP contribution in [-0.2, 0) is 9.59 Å². The average Bonchev–Trinajstić information content (AvgIpc) is 3.06. The predicted octanol–water partition coefficient (Wildman–Crippen LogP) is 5.37. The van der Waals surface area contributed by atoms with Gasteiger partial charge in [0.05, 0.1) is 18.2 Å². The van der Waals surface area contributed by atoms with Gasteiger partial charge in [-0.2, -0.15) is 0 Å². The van der Waals surface area contributed by atoms with E-state index in [-0.39, 0.29) is 11.3 Å². The number of hydrogen-bond donors (Lipinski definition) is 1. The Bertz CT molecular complexity index is 1140. The van der Waals surface area contributed by atoms with Crippen LogP contribution in [0.5, 0.6) is 5.75 Å². The van der Waals surface area contributed by atoms with Crippen LogP contribution in [0.4, 0.5) is 5.69 Å². The molecule has 3 aromatic carbocycles. The number of Topliss-reactive ketones (excluding diaryl/α,β-unsaturated/α-hetero) is 1. The van der Waals surface area contributed by atoms with E-state index >= 15 is 0 Å². The summed E-state index contributed by atoms with van der Waals surface area (Å²) in [6.45, 7) is 2.42. The summed E-state index contributed by atoms with van der Waals surface area (Å²) in [6, 6.07) is 21.7. The molecule has 1 amide bonds. The number of ether oxygens (including phenoxy) is 1. The van der Waals surface area contributed by atoms with Crippen LogP contribution in [0.25, 0.3) is 5.76 Å². The highest BCUT2D eigenvalue weighted by atomic mass is 35.5. The largest absolute Gasteiger partial charge is 0.507 e. The van der Waals surface area contributed by atoms with Crippen LogP contribution >= 0.6 is 11.6 Å². The number of aliphatic hydroxyl groups excluding tert-OH is 1. The fourth-order valence-corrected chi connectivity index (χ4v) is 3.81. The molecule has 3 aromatic rings. The molecule has 0 aromatic heterocycles. The van der Waals surface area contributed by atoms with Gasteiger partial charge in [0.1, 0.15) is 11.5 Å². The number of halogens is 1. The fourth-order valence-electron chi connectivity index (χ4n) is 3.68. The van der Waals surface area contributed by atoms with Gasteiger partial charge in [0.15, 0.2) is 0 Å². The number of ketones is 1. The van der Waals surface area contributed by atoms with Crippen molar-refractivity contribution in [3.05, 3.63) is 101 Å². The van der Waals surface area contributed by atoms with Gasteiger partial charge in [0, 0.05) is 16.3 Å². The summed E-state index contributed by atoms with van der Waals surface area (Å²) >= 11 is 6.01. The standard InChI is InChI=1S/C25H20ClNO4/c1-2-31-20-14-8-16(9-15-20)22-21(23(28)17-6-4-3-5-7-17)24(29)25(30)27(22)19-12-10-18(26)11-13-19/h3-15,22,28H,2H2,1H3/b23-21+. The van der Waals surface area contributed by atoms with Crippen LogP contribution < -0.4 is 9.64 Å². The maximum atomic E-state index is 13.1. The third kappa shape index (κ3) is 3.92. The summed E-state index contributed by atoms with van der Waals surface area (Å²) in [6.07, 6.45) is 0. The molecule has 0 aliphatic carbocycles. The van der Waals surface area contributed by atoms with Crippen LogP contribution in [0.15, 0.2) is 84.4 Å². The lowest BCUT2D eigenvalue weighted by molar-refractivity contribution is -0.132. The molecule has 0 radical (unpaired) electrons. The Morgan fingerprint density at radius 3 is 2.23 bits per heavy atom. The lowest BCUT2D eigenvalue weighted by Crippen LogP contribution is -2.29. The van der Waals surface area contributed by atoms with Crippen LogP contribution in [0, 0.1) is 0 Å². The lowest BCUT2D eigenvalue weighted by Gasteiger charge is -2.25. The highest BCUT2D eigenvalue weighted by Crippen LogP contribution is 2.42. The van der Waals surface area contributed by atoms with Crippen molar-refractivity contribution < 1.29 is 19.4 Å². The molecular formula is C25H20ClNO4. The Kier molecular flexibility index (Phi) is 5.78. The molecule has 0 spiro atoms. The quantitative estimate of drug-likeness (QED) is 0.334. The van der Waals surface area contributed by atoms with Crippen molar-refractivity contribution in [2.75, 3.05) is 11.5 Å². The van der Waals surface area contributed by atoms with Crippen molar-refractivity contribution in [3.63, 3.8) is 0 Å². The molecule has 1 aliphatic heterocycles. The zero-order valence-electron chi connectivity index (χ0n) is 16.8. The second kappa shape index (κ2) is 8.66. The third-order valence-corrected chi connectivity index (χ3v) is 5.36. The molecule has 1 heterocycles. The Morgan fingerprint density at radius 2 is 1.61 bits per heavy atom. The smallest absolute Gasteiger partial charge is 0.300 e. The van der Waals surface area contributed by atoms with E-state index in [1.54, 1.807) is 72.8 Å². The number of carbonyl (C=O) groups excluding carboxylic acids is 2. The first-order chi connectivity index (χ1) is 15.0. The summed E-state index contributed by atoms with van der Waals surface area (Å²) in [4.78, 5) is 27.5. The normalized spacial score (nSPS) is 17.7. The Hall–Kier alpha value is -3.57. The predicted molar refractivity (Wildman–Crippen MR) is 120 cm³/mol. The van der Waals surface area contributed by atoms with E-state index in [0.717, 1.165) is 0 Å². The van der Waals surface area contributed by atoms with Crippen LogP contribution in [0.3, 0.4) is 0 Å². The van der Waals surface area contributed by atoms with Crippen molar-refractivity contribution in [2.24, 2.45) is 0 Å². The van der Waals surface area contributed by atoms with Gasteiger partial charge in [-0.05, 0) is 48.9 Å². The number of rotatable bonds is 5. The number of anilines is 1. The van der Waals surface area contributed by atoms with E-state index < -0.39 is 17.7 Å². The molecule has 5 nitrogen and oxygen atoms in total. The highest BCUT2D eigenvalue weighted by molar-refractivity contribution is 6.51. The molecule has 0 saturated carbocycles. The van der Waals surface area contributed by atoms with Crippen molar-refractivity contribution in [3.8, 4) is 5.75 Å². The first-order valence-electron chi connectivity index (χ1n) is 9.86. The molecule has 156 valence electrons. The van der Waals surface area contributed by atoms with Gasteiger partial charge in [-0.3, -0.25) is 14.5 Å². The summed E-state index contributed by atoms with van der Waals surface area (Å²) in [5.74, 6) is -0.985. The Labute approximate surface area is 185 Å². The molecule has 1 unspecified atom stereocenters. The second-order valence-electron chi connectivity index (χ2n) is 7.01. The minimum Gasteiger partial charge on any atom is -0.507 e. The molecule has 1 saturated heterocycles. The number of benzene rings is 3. The molecule has 6 heteroatoms. The van der Waals surface area contributed by atoms with Crippen molar-refractivity contribution in [2.45, 2.75) is 13.0 Å². The molecule has 1 aliphatic rings. The first-order valence-corrected chi connectivity index (χ1v) is 10.2. The Morgan fingerprint density at radius 1 is 0.968 bits per heavy atom. The number of nitrogens with zero attached hydrogens (tertiary/aromatic N) is 1. The number of aliphatic hydroxyl groups is 1. The van der Waals surface area contributed by atoms with E-state index in [4.69, 9.17) is 16.3 Å². The molecule has 1 N–H and O–H groups in total. The average molecular weight is 434 g/mol. The van der Waals surface area contributed by atoms with Crippen LogP contribution in [0.1, 0.15) is 24.1 Å². The van der Waals surface area contributed by atoms with Gasteiger partial charge in [-0.1, -0.05) is 54.1 Å². The Balaban J connectivity index is 1.90. The minimum absolute atomic E-state index is 0.0373. The van der Waals surface area contributed by atoms with Gasteiger partial charge in [-0.25, -0.2) is 0 Å². The molecular weight excluding hydrogens is 414 g/mol. The molecule has 31 heavy (non-hydrogen) atoms. The van der Waals surface area contributed by atoms with E-state index in [0.29, 0.717) is 34.2 Å². The number of carbonyl (C=O) groups is 2. The first kappa shape index (κ1) is 20.7. The zero-order chi connectivity index (χ0) is 22.0. The minimum atomic E-state index is -0.794. The molecule has 1 fully saturated rings. The molecule has 0 bridgehead atoms. The third-order valence-electron chi connectivity index (χ3n) is 5.10. The van der Waals surface area contributed by atoms with E-state index in [1.165, 1.54) is 4.90 Å². The summed E-state index contributed by atoms with van der Waals surface area (Å²) in [5, 5.41) is 11.5. The monoisotopic (exact) mass is 433 g/mol. The van der Waals surface area contributed by atoms with E-state index in [9.17, 15) is 14.7 Å². The van der Waals surface area contributed by atoms with Crippen LogP contribution in [0.2, 0.25) is 5.02 Å². The van der Waals surface area contributed by atoms with Gasteiger partial charge < -0.3 is 9.84 Å². The number of hydrogen-bond acceptors (Lipinski definition) is 4. The fraction of sp³-hybridized carbons (Fsp3) is 0.120. The van der Waals surface area contributed by atoms with Crippen molar-refractivity contribution in [1.29, 1.82) is 0 Å². The topological polar surface area (TPSA) is 66.8 Å².